The smallest absolute Gasteiger partial charge is 0.248 e. The standard InChI is InChI=1S/C25H25N3O/c29-25-18-20(21-8-3-4-10-23(21)26-25)12-13-27-14-16-28(17-15-27)24-11-5-7-19-6-1-2-9-22(19)24/h1-11,18H,12-17H2,(H,26,29). The fourth-order valence-electron chi connectivity index (χ4n) is 4.46. The molecule has 0 radical (unpaired) electrons. The molecule has 0 saturated carbocycles. The van der Waals surface area contributed by atoms with Crippen LogP contribution in [0.3, 0.4) is 0 Å². The van der Waals surface area contributed by atoms with Crippen molar-refractivity contribution in [2.75, 3.05) is 37.6 Å². The Balaban J connectivity index is 1.27. The lowest BCUT2D eigenvalue weighted by molar-refractivity contribution is 0.261. The Morgan fingerprint density at radius 2 is 1.52 bits per heavy atom. The second kappa shape index (κ2) is 7.72. The Morgan fingerprint density at radius 3 is 2.38 bits per heavy atom. The first-order valence-corrected chi connectivity index (χ1v) is 10.3. The molecule has 4 aromatic rings. The van der Waals surface area contributed by atoms with E-state index in [1.807, 2.05) is 18.2 Å². The van der Waals surface area contributed by atoms with Crippen molar-refractivity contribution >= 4 is 27.4 Å². The van der Waals surface area contributed by atoms with Crippen LogP contribution in [0.15, 0.2) is 77.6 Å². The van der Waals surface area contributed by atoms with Crippen LogP contribution in [0, 0.1) is 0 Å². The van der Waals surface area contributed by atoms with Gasteiger partial charge in [0.1, 0.15) is 0 Å². The normalized spacial score (nSPS) is 15.2. The third kappa shape index (κ3) is 3.64. The SMILES string of the molecule is O=c1cc(CCN2CCN(c3cccc4ccccc34)CC2)c2ccccc2[nH]1. The van der Waals surface area contributed by atoms with Crippen LogP contribution >= 0.6 is 0 Å². The maximum Gasteiger partial charge on any atom is 0.248 e. The highest BCUT2D eigenvalue weighted by molar-refractivity contribution is 5.94. The molecule has 1 N–H and O–H groups in total. The van der Waals surface area contributed by atoms with Crippen LogP contribution in [0.1, 0.15) is 5.56 Å². The first-order valence-electron chi connectivity index (χ1n) is 10.3. The lowest BCUT2D eigenvalue weighted by Gasteiger charge is -2.36. The van der Waals surface area contributed by atoms with Gasteiger partial charge >= 0.3 is 0 Å². The topological polar surface area (TPSA) is 39.3 Å². The van der Waals surface area contributed by atoms with E-state index >= 15 is 0 Å². The summed E-state index contributed by atoms with van der Waals surface area (Å²) in [5.74, 6) is 0. The van der Waals surface area contributed by atoms with Gasteiger partial charge in [0.2, 0.25) is 5.56 Å². The second-order valence-corrected chi connectivity index (χ2v) is 7.78. The molecule has 0 amide bonds. The molecule has 3 aromatic carbocycles. The van der Waals surface area contributed by atoms with Crippen LogP contribution in [-0.4, -0.2) is 42.6 Å². The van der Waals surface area contributed by atoms with Crippen LogP contribution in [0.25, 0.3) is 21.7 Å². The Kier molecular flexibility index (Phi) is 4.78. The van der Waals surface area contributed by atoms with Gasteiger partial charge < -0.3 is 9.88 Å². The van der Waals surface area contributed by atoms with Crippen molar-refractivity contribution in [3.8, 4) is 0 Å². The highest BCUT2D eigenvalue weighted by Crippen LogP contribution is 2.27. The monoisotopic (exact) mass is 383 g/mol. The number of benzene rings is 3. The van der Waals surface area contributed by atoms with Crippen molar-refractivity contribution in [2.45, 2.75) is 6.42 Å². The summed E-state index contributed by atoms with van der Waals surface area (Å²) in [6.45, 7) is 5.14. The fourth-order valence-corrected chi connectivity index (χ4v) is 4.46. The van der Waals surface area contributed by atoms with Gasteiger partial charge in [-0.2, -0.15) is 0 Å². The van der Waals surface area contributed by atoms with Crippen molar-refractivity contribution in [3.05, 3.63) is 88.7 Å². The Hall–Kier alpha value is -3.11. The maximum atomic E-state index is 12.0. The molecule has 0 unspecified atom stereocenters. The molecule has 5 rings (SSSR count). The van der Waals surface area contributed by atoms with Gasteiger partial charge in [0.05, 0.1) is 0 Å². The van der Waals surface area contributed by atoms with Crippen LogP contribution in [0.5, 0.6) is 0 Å². The zero-order chi connectivity index (χ0) is 19.6. The van der Waals surface area contributed by atoms with E-state index in [4.69, 9.17) is 0 Å². The van der Waals surface area contributed by atoms with Crippen molar-refractivity contribution in [3.63, 3.8) is 0 Å². The van der Waals surface area contributed by atoms with Gasteiger partial charge in [-0.1, -0.05) is 54.6 Å². The summed E-state index contributed by atoms with van der Waals surface area (Å²) in [7, 11) is 0. The highest BCUT2D eigenvalue weighted by Gasteiger charge is 2.18. The molecule has 0 bridgehead atoms. The number of rotatable bonds is 4. The van der Waals surface area contributed by atoms with Crippen LogP contribution in [0.4, 0.5) is 5.69 Å². The Morgan fingerprint density at radius 1 is 0.793 bits per heavy atom. The van der Waals surface area contributed by atoms with E-state index < -0.39 is 0 Å². The minimum Gasteiger partial charge on any atom is -0.368 e. The van der Waals surface area contributed by atoms with E-state index in [9.17, 15) is 4.79 Å². The first-order chi connectivity index (χ1) is 14.3. The minimum atomic E-state index is -0.0144. The maximum absolute atomic E-state index is 12.0. The first kappa shape index (κ1) is 18.0. The molecule has 29 heavy (non-hydrogen) atoms. The second-order valence-electron chi connectivity index (χ2n) is 7.78. The molecule has 0 aliphatic carbocycles. The molecule has 2 heterocycles. The number of aromatic nitrogens is 1. The molecule has 146 valence electrons. The van der Waals surface area contributed by atoms with Crippen molar-refractivity contribution in [1.82, 2.24) is 9.88 Å². The quantitative estimate of drug-likeness (QED) is 0.578. The zero-order valence-electron chi connectivity index (χ0n) is 16.5. The van der Waals surface area contributed by atoms with E-state index in [2.05, 4.69) is 63.3 Å². The molecule has 1 aromatic heterocycles. The summed E-state index contributed by atoms with van der Waals surface area (Å²) in [6, 6.07) is 25.0. The summed E-state index contributed by atoms with van der Waals surface area (Å²) >= 11 is 0. The number of piperazine rings is 1. The van der Waals surface area contributed by atoms with Gasteiger partial charge in [-0.3, -0.25) is 9.69 Å². The number of fused-ring (bicyclic) bond motifs is 2. The molecule has 4 nitrogen and oxygen atoms in total. The van der Waals surface area contributed by atoms with E-state index in [0.717, 1.165) is 55.6 Å². The number of aromatic amines is 1. The van der Waals surface area contributed by atoms with Gasteiger partial charge in [0.25, 0.3) is 0 Å². The van der Waals surface area contributed by atoms with E-state index in [-0.39, 0.29) is 5.56 Å². The minimum absolute atomic E-state index is 0.0144. The lowest BCUT2D eigenvalue weighted by atomic mass is 10.1. The van der Waals surface area contributed by atoms with Crippen molar-refractivity contribution < 1.29 is 0 Å². The third-order valence-electron chi connectivity index (χ3n) is 6.01. The van der Waals surface area contributed by atoms with Gasteiger partial charge in [0, 0.05) is 60.8 Å². The number of pyridine rings is 1. The Labute approximate surface area is 170 Å². The number of H-pyrrole nitrogens is 1. The van der Waals surface area contributed by atoms with E-state index in [0.29, 0.717) is 0 Å². The molecule has 1 saturated heterocycles. The number of hydrogen-bond donors (Lipinski definition) is 1. The summed E-state index contributed by atoms with van der Waals surface area (Å²) < 4.78 is 0. The number of para-hydroxylation sites is 1. The average molecular weight is 383 g/mol. The van der Waals surface area contributed by atoms with E-state index in [1.54, 1.807) is 6.07 Å². The summed E-state index contributed by atoms with van der Waals surface area (Å²) in [5.41, 5.74) is 3.39. The number of nitrogens with zero attached hydrogens (tertiary/aromatic N) is 2. The number of hydrogen-bond acceptors (Lipinski definition) is 3. The van der Waals surface area contributed by atoms with Crippen molar-refractivity contribution in [1.29, 1.82) is 0 Å². The third-order valence-corrected chi connectivity index (χ3v) is 6.01. The lowest BCUT2D eigenvalue weighted by Crippen LogP contribution is -2.47. The fraction of sp³-hybridized carbons (Fsp3) is 0.240. The molecule has 0 spiro atoms. The number of nitrogens with one attached hydrogen (secondary N) is 1. The largest absolute Gasteiger partial charge is 0.368 e. The predicted molar refractivity (Wildman–Crippen MR) is 121 cm³/mol. The highest BCUT2D eigenvalue weighted by atomic mass is 16.1. The van der Waals surface area contributed by atoms with Gasteiger partial charge in [-0.25, -0.2) is 0 Å². The Bertz CT molecular complexity index is 1200. The summed E-state index contributed by atoms with van der Waals surface area (Å²) in [4.78, 5) is 19.9. The molecule has 1 aliphatic rings. The van der Waals surface area contributed by atoms with Gasteiger partial charge in [-0.15, -0.1) is 0 Å². The predicted octanol–water partition coefficient (Wildman–Crippen LogP) is 4.05. The average Bonchev–Trinajstić information content (AvgIpc) is 2.77. The molecular formula is C25H25N3O. The van der Waals surface area contributed by atoms with Gasteiger partial charge in [0.15, 0.2) is 0 Å². The van der Waals surface area contributed by atoms with Crippen molar-refractivity contribution in [2.24, 2.45) is 0 Å². The van der Waals surface area contributed by atoms with Crippen LogP contribution < -0.4 is 10.5 Å². The molecule has 0 atom stereocenters. The van der Waals surface area contributed by atoms with Crippen LogP contribution in [0.2, 0.25) is 0 Å². The summed E-state index contributed by atoms with van der Waals surface area (Å²) in [6.07, 6.45) is 0.901. The molecular weight excluding hydrogens is 358 g/mol. The molecule has 4 heteroatoms. The van der Waals surface area contributed by atoms with E-state index in [1.165, 1.54) is 16.5 Å². The molecule has 1 aliphatic heterocycles. The van der Waals surface area contributed by atoms with Gasteiger partial charge in [-0.05, 0) is 29.5 Å². The molecule has 1 fully saturated rings. The number of anilines is 1. The van der Waals surface area contributed by atoms with Crippen LogP contribution in [-0.2, 0) is 6.42 Å². The summed E-state index contributed by atoms with van der Waals surface area (Å²) in [5, 5.41) is 3.79. The zero-order valence-corrected chi connectivity index (χ0v) is 16.5.